The Morgan fingerprint density at radius 3 is 2.30 bits per heavy atom. The van der Waals surface area contributed by atoms with Gasteiger partial charge in [-0.2, -0.15) is 13.2 Å². The van der Waals surface area contributed by atoms with Gasteiger partial charge in [0.15, 0.2) is 0 Å². The van der Waals surface area contributed by atoms with Crippen molar-refractivity contribution in [2.24, 2.45) is 5.92 Å². The number of fused-ring (bicyclic) bond motifs is 1. The number of nitrogens with one attached hydrogen (secondary N) is 1. The number of anilines is 2. The monoisotopic (exact) mass is 648 g/mol. The maximum atomic E-state index is 15.3. The minimum absolute atomic E-state index is 0.123. The topological polar surface area (TPSA) is 89.9 Å². The largest absolute Gasteiger partial charge is 0.416 e. The number of para-hydroxylation sites is 1. The van der Waals surface area contributed by atoms with Gasteiger partial charge in [0, 0.05) is 11.4 Å². The van der Waals surface area contributed by atoms with Crippen molar-refractivity contribution in [3.63, 3.8) is 0 Å². The van der Waals surface area contributed by atoms with Crippen LogP contribution in [0.4, 0.5) is 28.9 Å². The normalized spacial score (nSPS) is 16.5. The second-order valence-electron chi connectivity index (χ2n) is 12.6. The van der Waals surface area contributed by atoms with E-state index in [2.05, 4.69) is 5.32 Å². The Labute approximate surface area is 270 Å². The molecule has 0 aromatic heterocycles. The Kier molecular flexibility index (Phi) is 9.56. The van der Waals surface area contributed by atoms with Crippen molar-refractivity contribution < 1.29 is 37.4 Å². The molecular formula is C37H36F4N2O4. The van der Waals surface area contributed by atoms with E-state index in [0.29, 0.717) is 35.2 Å². The van der Waals surface area contributed by atoms with Gasteiger partial charge in [-0.25, -0.2) is 4.39 Å². The molecule has 0 fully saturated rings. The zero-order valence-electron chi connectivity index (χ0n) is 26.2. The molecule has 0 saturated heterocycles. The quantitative estimate of drug-likeness (QED) is 0.172. The number of carbonyl (C=O) groups excluding carboxylic acids is 2. The molecular weight excluding hydrogens is 612 g/mol. The summed E-state index contributed by atoms with van der Waals surface area (Å²) in [6.07, 6.45) is -3.54. The molecule has 10 heteroatoms. The van der Waals surface area contributed by atoms with Gasteiger partial charge in [0.25, 0.3) is 5.91 Å². The van der Waals surface area contributed by atoms with Gasteiger partial charge in [-0.15, -0.1) is 0 Å². The molecule has 3 N–H and O–H groups in total. The van der Waals surface area contributed by atoms with Crippen LogP contribution in [-0.4, -0.2) is 27.6 Å². The van der Waals surface area contributed by atoms with Crippen LogP contribution in [0.25, 0.3) is 0 Å². The number of nitrogens with zero attached hydrogens (tertiary/aromatic N) is 1. The smallest absolute Gasteiger partial charge is 0.392 e. The van der Waals surface area contributed by atoms with Crippen molar-refractivity contribution >= 4 is 23.2 Å². The third-order valence-electron chi connectivity index (χ3n) is 8.54. The van der Waals surface area contributed by atoms with Crippen LogP contribution in [0.2, 0.25) is 0 Å². The van der Waals surface area contributed by atoms with E-state index in [-0.39, 0.29) is 23.2 Å². The summed E-state index contributed by atoms with van der Waals surface area (Å²) in [7, 11) is 0. The highest BCUT2D eigenvalue weighted by Gasteiger charge is 2.43. The third kappa shape index (κ3) is 7.39. The number of aliphatic hydroxyl groups is 2. The lowest BCUT2D eigenvalue weighted by molar-refractivity contribution is -0.138. The molecule has 2 atom stereocenters. The van der Waals surface area contributed by atoms with Crippen molar-refractivity contribution in [3.8, 4) is 0 Å². The number of hydrogen-bond acceptors (Lipinski definition) is 4. The Morgan fingerprint density at radius 2 is 1.66 bits per heavy atom. The summed E-state index contributed by atoms with van der Waals surface area (Å²) in [6, 6.07) is 20.8. The number of halogens is 4. The molecule has 0 aliphatic carbocycles. The van der Waals surface area contributed by atoms with E-state index in [1.807, 2.05) is 12.1 Å². The fourth-order valence-corrected chi connectivity index (χ4v) is 6.10. The van der Waals surface area contributed by atoms with Gasteiger partial charge in [0.1, 0.15) is 5.82 Å². The van der Waals surface area contributed by atoms with Crippen LogP contribution in [0.5, 0.6) is 0 Å². The summed E-state index contributed by atoms with van der Waals surface area (Å²) >= 11 is 0. The van der Waals surface area contributed by atoms with E-state index in [0.717, 1.165) is 17.7 Å². The lowest BCUT2D eigenvalue weighted by Crippen LogP contribution is -2.47. The first-order valence-electron chi connectivity index (χ1n) is 15.3. The van der Waals surface area contributed by atoms with Gasteiger partial charge in [-0.3, -0.25) is 14.5 Å². The number of hydrogen-bond donors (Lipinski definition) is 3. The van der Waals surface area contributed by atoms with E-state index in [9.17, 15) is 33.0 Å². The second-order valence-corrected chi connectivity index (χ2v) is 12.6. The zero-order chi connectivity index (χ0) is 34.1. The van der Waals surface area contributed by atoms with Crippen LogP contribution in [0.15, 0.2) is 84.9 Å². The van der Waals surface area contributed by atoms with Gasteiger partial charge in [0.05, 0.1) is 35.3 Å². The van der Waals surface area contributed by atoms with E-state index < -0.39 is 53.5 Å². The molecule has 2 amide bonds. The predicted molar refractivity (Wildman–Crippen MR) is 171 cm³/mol. The lowest BCUT2D eigenvalue weighted by atomic mass is 9.80. The molecule has 0 unspecified atom stereocenters. The summed E-state index contributed by atoms with van der Waals surface area (Å²) < 4.78 is 56.6. The van der Waals surface area contributed by atoms with Crippen LogP contribution in [0, 0.1) is 18.7 Å². The van der Waals surface area contributed by atoms with Crippen molar-refractivity contribution in [2.45, 2.75) is 64.5 Å². The molecule has 6 nitrogen and oxygen atoms in total. The van der Waals surface area contributed by atoms with Gasteiger partial charge in [-0.1, -0.05) is 60.7 Å². The Bertz CT molecular complexity index is 1760. The average molecular weight is 649 g/mol. The molecule has 4 aromatic rings. The first kappa shape index (κ1) is 33.8. The van der Waals surface area contributed by atoms with E-state index in [1.165, 1.54) is 23.1 Å². The third-order valence-corrected chi connectivity index (χ3v) is 8.54. The number of aryl methyl sites for hydroxylation is 2. The van der Waals surface area contributed by atoms with Crippen molar-refractivity contribution in [3.05, 3.63) is 130 Å². The standard InChI is InChI=1S/C37H36F4N2O4/c1-22-7-6-9-30(38)32(22)35(46)43-31-10-5-4-8-25(31)19-28(33(43)24-13-11-23(12-14-24)17-18-36(2,3)47)34(45)42-27-16-15-26(21-44)29(20-27)37(39,40)41/h4-16,20,28,33,44,47H,17-19,21H2,1-3H3,(H,42,45)/t28-,33-/m0/s1. The Hall–Kier alpha value is -4.54. The fourth-order valence-electron chi connectivity index (χ4n) is 6.10. The summed E-state index contributed by atoms with van der Waals surface area (Å²) in [6.45, 7) is 4.22. The Balaban J connectivity index is 1.61. The van der Waals surface area contributed by atoms with Gasteiger partial charge in [-0.05, 0) is 92.1 Å². The number of rotatable bonds is 8. The molecule has 1 heterocycles. The van der Waals surface area contributed by atoms with Gasteiger partial charge in [0.2, 0.25) is 5.91 Å². The molecule has 0 radical (unpaired) electrons. The van der Waals surface area contributed by atoms with Crippen LogP contribution < -0.4 is 10.2 Å². The molecule has 1 aliphatic rings. The van der Waals surface area contributed by atoms with Crippen molar-refractivity contribution in [2.75, 3.05) is 10.2 Å². The van der Waals surface area contributed by atoms with Crippen LogP contribution in [0.1, 0.15) is 70.0 Å². The maximum absolute atomic E-state index is 15.3. The highest BCUT2D eigenvalue weighted by Crippen LogP contribution is 2.44. The second kappa shape index (κ2) is 13.3. The average Bonchev–Trinajstić information content (AvgIpc) is 3.02. The summed E-state index contributed by atoms with van der Waals surface area (Å²) in [5, 5.41) is 22.3. The first-order chi connectivity index (χ1) is 22.2. The molecule has 47 heavy (non-hydrogen) atoms. The molecule has 246 valence electrons. The number of amides is 2. The fraction of sp³-hybridized carbons (Fsp3) is 0.297. The number of aliphatic hydroxyl groups excluding tert-OH is 1. The minimum Gasteiger partial charge on any atom is -0.392 e. The minimum atomic E-state index is -4.76. The van der Waals surface area contributed by atoms with Crippen molar-refractivity contribution in [1.82, 2.24) is 0 Å². The van der Waals surface area contributed by atoms with E-state index >= 15 is 4.39 Å². The van der Waals surface area contributed by atoms with Gasteiger partial charge >= 0.3 is 6.18 Å². The molecule has 4 aromatic carbocycles. The summed E-state index contributed by atoms with van der Waals surface area (Å²) in [4.78, 5) is 29.9. The van der Waals surface area contributed by atoms with Crippen LogP contribution in [-0.2, 0) is 30.4 Å². The number of benzene rings is 4. The van der Waals surface area contributed by atoms with Crippen molar-refractivity contribution in [1.29, 1.82) is 0 Å². The maximum Gasteiger partial charge on any atom is 0.416 e. The van der Waals surface area contributed by atoms with Crippen LogP contribution in [0.3, 0.4) is 0 Å². The number of alkyl halides is 3. The van der Waals surface area contributed by atoms with E-state index in [1.54, 1.807) is 63.2 Å². The number of carbonyl (C=O) groups is 2. The molecule has 0 spiro atoms. The first-order valence-corrected chi connectivity index (χ1v) is 15.3. The molecule has 0 saturated carbocycles. The van der Waals surface area contributed by atoms with Crippen LogP contribution >= 0.6 is 0 Å². The Morgan fingerprint density at radius 1 is 0.957 bits per heavy atom. The highest BCUT2D eigenvalue weighted by molar-refractivity contribution is 6.09. The molecule has 0 bridgehead atoms. The van der Waals surface area contributed by atoms with Gasteiger partial charge < -0.3 is 15.5 Å². The molecule has 1 aliphatic heterocycles. The molecule has 5 rings (SSSR count). The summed E-state index contributed by atoms with van der Waals surface area (Å²) in [5.41, 5.74) is 0.470. The zero-order valence-corrected chi connectivity index (χ0v) is 26.2. The highest BCUT2D eigenvalue weighted by atomic mass is 19.4. The lowest BCUT2D eigenvalue weighted by Gasteiger charge is -2.42. The predicted octanol–water partition coefficient (Wildman–Crippen LogP) is 7.55. The summed E-state index contributed by atoms with van der Waals surface area (Å²) in [5.74, 6) is -3.00. The van der Waals surface area contributed by atoms with E-state index in [4.69, 9.17) is 0 Å². The SMILES string of the molecule is Cc1cccc(F)c1C(=O)N1c2ccccc2C[C@H](C(=O)Nc2ccc(CO)c(C(F)(F)F)c2)[C@@H]1c1ccc(CCC(C)(C)O)cc1.